The first-order valence-corrected chi connectivity index (χ1v) is 7.56. The quantitative estimate of drug-likeness (QED) is 0.785. The van der Waals surface area contributed by atoms with Crippen molar-refractivity contribution in [2.75, 3.05) is 19.0 Å². The number of fused-ring (bicyclic) bond motifs is 1. The lowest BCUT2D eigenvalue weighted by molar-refractivity contribution is 0.415. The molecule has 0 unspecified atom stereocenters. The molecular formula is C17H18N4O. The van der Waals surface area contributed by atoms with Crippen LogP contribution in [0.4, 0.5) is 5.82 Å². The van der Waals surface area contributed by atoms with Crippen molar-refractivity contribution in [3.8, 4) is 17.0 Å². The summed E-state index contributed by atoms with van der Waals surface area (Å²) < 4.78 is 7.18. The van der Waals surface area contributed by atoms with E-state index < -0.39 is 0 Å². The van der Waals surface area contributed by atoms with Crippen LogP contribution in [0.5, 0.6) is 5.75 Å². The molecule has 0 bridgehead atoms. The van der Waals surface area contributed by atoms with Gasteiger partial charge in [-0.25, -0.2) is 9.50 Å². The first-order chi connectivity index (χ1) is 10.8. The van der Waals surface area contributed by atoms with Crippen LogP contribution in [0.25, 0.3) is 16.9 Å². The Morgan fingerprint density at radius 2 is 2.18 bits per heavy atom. The average molecular weight is 294 g/mol. The van der Waals surface area contributed by atoms with Gasteiger partial charge in [-0.2, -0.15) is 0 Å². The van der Waals surface area contributed by atoms with Crippen molar-refractivity contribution in [3.63, 3.8) is 0 Å². The Morgan fingerprint density at radius 1 is 1.27 bits per heavy atom. The summed E-state index contributed by atoms with van der Waals surface area (Å²) in [5.74, 6) is 2.54. The van der Waals surface area contributed by atoms with E-state index in [4.69, 9.17) is 4.74 Å². The van der Waals surface area contributed by atoms with Crippen LogP contribution < -0.4 is 10.1 Å². The van der Waals surface area contributed by atoms with Crippen molar-refractivity contribution >= 4 is 11.5 Å². The number of anilines is 1. The van der Waals surface area contributed by atoms with Crippen LogP contribution in [0.2, 0.25) is 0 Å². The highest BCUT2D eigenvalue weighted by molar-refractivity contribution is 5.65. The van der Waals surface area contributed by atoms with Crippen LogP contribution in [0.15, 0.2) is 42.6 Å². The van der Waals surface area contributed by atoms with Gasteiger partial charge < -0.3 is 10.1 Å². The maximum atomic E-state index is 5.30. The second-order valence-electron chi connectivity index (χ2n) is 5.69. The lowest BCUT2D eigenvalue weighted by Gasteiger charge is -2.07. The summed E-state index contributed by atoms with van der Waals surface area (Å²) in [6.07, 6.45) is 4.51. The largest absolute Gasteiger partial charge is 0.497 e. The first-order valence-electron chi connectivity index (χ1n) is 7.56. The maximum Gasteiger partial charge on any atom is 0.154 e. The fraction of sp³-hybridized carbons (Fsp3) is 0.294. The van der Waals surface area contributed by atoms with Gasteiger partial charge in [0.2, 0.25) is 0 Å². The van der Waals surface area contributed by atoms with Crippen LogP contribution in [-0.4, -0.2) is 28.3 Å². The van der Waals surface area contributed by atoms with Crippen LogP contribution in [0.1, 0.15) is 12.8 Å². The summed E-state index contributed by atoms with van der Waals surface area (Å²) in [5.41, 5.74) is 2.84. The number of nitrogens with one attached hydrogen (secondary N) is 1. The predicted octanol–water partition coefficient (Wildman–Crippen LogP) is 3.23. The lowest BCUT2D eigenvalue weighted by atomic mass is 10.1. The van der Waals surface area contributed by atoms with Crippen molar-refractivity contribution in [1.82, 2.24) is 14.6 Å². The van der Waals surface area contributed by atoms with Crippen molar-refractivity contribution in [2.45, 2.75) is 12.8 Å². The molecule has 1 fully saturated rings. The fourth-order valence-electron chi connectivity index (χ4n) is 2.52. The van der Waals surface area contributed by atoms with Gasteiger partial charge in [-0.1, -0.05) is 12.1 Å². The minimum absolute atomic E-state index is 0.818. The van der Waals surface area contributed by atoms with E-state index in [1.54, 1.807) is 7.11 Å². The number of ether oxygens (including phenoxy) is 1. The molecule has 1 aromatic carbocycles. The molecule has 3 aromatic rings. The highest BCUT2D eigenvalue weighted by Gasteiger charge is 2.20. The van der Waals surface area contributed by atoms with E-state index in [0.29, 0.717) is 0 Å². The summed E-state index contributed by atoms with van der Waals surface area (Å²) in [4.78, 5) is 4.43. The predicted molar refractivity (Wildman–Crippen MR) is 86.2 cm³/mol. The molecule has 0 amide bonds. The number of methoxy groups -OCH3 is 1. The highest BCUT2D eigenvalue weighted by atomic mass is 16.5. The molecule has 1 aliphatic rings. The molecule has 112 valence electrons. The summed E-state index contributed by atoms with van der Waals surface area (Å²) in [6, 6.07) is 11.9. The van der Waals surface area contributed by atoms with Crippen LogP contribution in [0.3, 0.4) is 0 Å². The van der Waals surface area contributed by atoms with Gasteiger partial charge in [-0.05, 0) is 43.0 Å². The van der Waals surface area contributed by atoms with Gasteiger partial charge in [0.1, 0.15) is 11.6 Å². The van der Waals surface area contributed by atoms with Gasteiger partial charge in [-0.15, -0.1) is 5.10 Å². The van der Waals surface area contributed by atoms with E-state index in [1.807, 2.05) is 47.1 Å². The average Bonchev–Trinajstić information content (AvgIpc) is 3.30. The lowest BCUT2D eigenvalue weighted by Crippen LogP contribution is -2.07. The molecule has 0 saturated heterocycles. The number of benzene rings is 1. The highest BCUT2D eigenvalue weighted by Crippen LogP contribution is 2.29. The van der Waals surface area contributed by atoms with E-state index in [2.05, 4.69) is 15.4 Å². The molecule has 2 heterocycles. The van der Waals surface area contributed by atoms with Gasteiger partial charge in [0.15, 0.2) is 5.65 Å². The molecule has 0 spiro atoms. The summed E-state index contributed by atoms with van der Waals surface area (Å²) >= 11 is 0. The van der Waals surface area contributed by atoms with Crippen molar-refractivity contribution < 1.29 is 4.74 Å². The number of hydrogen-bond acceptors (Lipinski definition) is 4. The third-order valence-electron chi connectivity index (χ3n) is 4.00. The van der Waals surface area contributed by atoms with Gasteiger partial charge >= 0.3 is 0 Å². The number of rotatable bonds is 5. The topological polar surface area (TPSA) is 51.5 Å². The second-order valence-corrected chi connectivity index (χ2v) is 5.69. The molecular weight excluding hydrogens is 276 g/mol. The van der Waals surface area contributed by atoms with E-state index in [9.17, 15) is 0 Å². The zero-order valence-corrected chi connectivity index (χ0v) is 12.5. The number of imidazole rings is 1. The minimum Gasteiger partial charge on any atom is -0.497 e. The van der Waals surface area contributed by atoms with Gasteiger partial charge in [-0.3, -0.25) is 0 Å². The van der Waals surface area contributed by atoms with Crippen molar-refractivity contribution in [1.29, 1.82) is 0 Å². The fourth-order valence-corrected chi connectivity index (χ4v) is 2.52. The molecule has 1 aliphatic carbocycles. The molecule has 0 aliphatic heterocycles. The molecule has 4 rings (SSSR count). The zero-order chi connectivity index (χ0) is 14.9. The smallest absolute Gasteiger partial charge is 0.154 e. The molecule has 0 radical (unpaired) electrons. The Kier molecular flexibility index (Phi) is 3.18. The monoisotopic (exact) mass is 294 g/mol. The van der Waals surface area contributed by atoms with Gasteiger partial charge in [0, 0.05) is 12.1 Å². The van der Waals surface area contributed by atoms with E-state index in [0.717, 1.165) is 40.9 Å². The zero-order valence-electron chi connectivity index (χ0n) is 12.5. The Bertz CT molecular complexity index is 807. The van der Waals surface area contributed by atoms with Crippen LogP contribution in [-0.2, 0) is 0 Å². The molecule has 0 atom stereocenters. The Morgan fingerprint density at radius 3 is 3.00 bits per heavy atom. The Labute approximate surface area is 128 Å². The number of hydrogen-bond donors (Lipinski definition) is 1. The van der Waals surface area contributed by atoms with Crippen molar-refractivity contribution in [3.05, 3.63) is 42.6 Å². The second kappa shape index (κ2) is 5.33. The number of aromatic nitrogens is 3. The Hall–Kier alpha value is -2.56. The summed E-state index contributed by atoms with van der Waals surface area (Å²) in [5, 5.41) is 8.07. The minimum atomic E-state index is 0.818. The van der Waals surface area contributed by atoms with E-state index >= 15 is 0 Å². The molecule has 1 saturated carbocycles. The third kappa shape index (κ3) is 2.50. The summed E-state index contributed by atoms with van der Waals surface area (Å²) in [7, 11) is 1.67. The Balaban J connectivity index is 1.71. The van der Waals surface area contributed by atoms with E-state index in [1.165, 1.54) is 12.8 Å². The molecule has 22 heavy (non-hydrogen) atoms. The normalized spacial score (nSPS) is 14.2. The maximum absolute atomic E-state index is 5.30. The standard InChI is InChI=1S/C17H18N4O/c1-22-14-4-2-3-13(9-14)15-11-19-17-8-7-16(20-21(15)17)18-10-12-5-6-12/h2-4,7-9,11-12H,5-6,10H2,1H3,(H,18,20). The van der Waals surface area contributed by atoms with Gasteiger partial charge in [0.25, 0.3) is 0 Å². The summed E-state index contributed by atoms with van der Waals surface area (Å²) in [6.45, 7) is 1.00. The SMILES string of the molecule is COc1cccc(-c2cnc3ccc(NCC4CC4)nn23)c1. The van der Waals surface area contributed by atoms with Gasteiger partial charge in [0.05, 0.1) is 19.0 Å². The molecule has 1 N–H and O–H groups in total. The third-order valence-corrected chi connectivity index (χ3v) is 4.00. The van der Waals surface area contributed by atoms with Crippen LogP contribution in [0, 0.1) is 5.92 Å². The van der Waals surface area contributed by atoms with E-state index in [-0.39, 0.29) is 0 Å². The molecule has 2 aromatic heterocycles. The first kappa shape index (κ1) is 13.1. The number of nitrogens with zero attached hydrogens (tertiary/aromatic N) is 3. The van der Waals surface area contributed by atoms with Crippen molar-refractivity contribution in [2.24, 2.45) is 5.92 Å². The molecule has 5 nitrogen and oxygen atoms in total. The van der Waals surface area contributed by atoms with Crippen LogP contribution >= 0.6 is 0 Å². The molecule has 5 heteroatoms.